The van der Waals surface area contributed by atoms with Crippen molar-refractivity contribution >= 4 is 5.91 Å². The molecule has 0 aliphatic carbocycles. The van der Waals surface area contributed by atoms with Gasteiger partial charge in [-0.25, -0.2) is 0 Å². The van der Waals surface area contributed by atoms with Crippen molar-refractivity contribution in [3.63, 3.8) is 0 Å². The van der Waals surface area contributed by atoms with Gasteiger partial charge in [0.2, 0.25) is 5.91 Å². The van der Waals surface area contributed by atoms with Crippen LogP contribution in [0.3, 0.4) is 0 Å². The Morgan fingerprint density at radius 3 is 2.54 bits per heavy atom. The van der Waals surface area contributed by atoms with E-state index in [0.717, 1.165) is 70.3 Å². The summed E-state index contributed by atoms with van der Waals surface area (Å²) in [6.45, 7) is 8.11. The highest BCUT2D eigenvalue weighted by Gasteiger charge is 2.21. The zero-order valence-electron chi connectivity index (χ0n) is 16.0. The van der Waals surface area contributed by atoms with Crippen LogP contribution in [0.1, 0.15) is 51.0 Å². The second kappa shape index (κ2) is 9.81. The lowest BCUT2D eigenvalue weighted by atomic mass is 10.1. The molecule has 0 saturated carbocycles. The first-order valence-corrected chi connectivity index (χ1v) is 10.1. The summed E-state index contributed by atoms with van der Waals surface area (Å²) in [6, 6.07) is 6.25. The largest absolute Gasteiger partial charge is 0.490 e. The molecule has 0 aromatic heterocycles. The van der Waals surface area contributed by atoms with E-state index < -0.39 is 0 Å². The second-order valence-electron chi connectivity index (χ2n) is 7.30. The summed E-state index contributed by atoms with van der Waals surface area (Å²) in [7, 11) is 0. The van der Waals surface area contributed by atoms with Crippen molar-refractivity contribution in [1.29, 1.82) is 0 Å². The Balaban J connectivity index is 1.44. The Morgan fingerprint density at radius 2 is 1.77 bits per heavy atom. The van der Waals surface area contributed by atoms with Crippen molar-refractivity contribution in [1.82, 2.24) is 9.80 Å². The number of carbonyl (C=O) groups is 1. The second-order valence-corrected chi connectivity index (χ2v) is 7.30. The van der Waals surface area contributed by atoms with E-state index in [9.17, 15) is 4.79 Å². The minimum Gasteiger partial charge on any atom is -0.490 e. The number of hydrogen-bond acceptors (Lipinski definition) is 4. The van der Waals surface area contributed by atoms with Crippen molar-refractivity contribution in [2.45, 2.75) is 52.0 Å². The summed E-state index contributed by atoms with van der Waals surface area (Å²) in [5, 5.41) is 0. The van der Waals surface area contributed by atoms with Crippen LogP contribution in [-0.2, 0) is 11.3 Å². The van der Waals surface area contributed by atoms with Crippen molar-refractivity contribution in [2.75, 3.05) is 39.4 Å². The zero-order chi connectivity index (χ0) is 18.2. The number of hydrogen-bond donors (Lipinski definition) is 0. The molecule has 144 valence electrons. The van der Waals surface area contributed by atoms with E-state index >= 15 is 0 Å². The highest BCUT2D eigenvalue weighted by Crippen LogP contribution is 2.30. The van der Waals surface area contributed by atoms with Crippen LogP contribution in [0.4, 0.5) is 0 Å². The van der Waals surface area contributed by atoms with Crippen molar-refractivity contribution < 1.29 is 14.3 Å². The van der Waals surface area contributed by atoms with E-state index in [1.165, 1.54) is 24.8 Å². The summed E-state index contributed by atoms with van der Waals surface area (Å²) in [5.41, 5.74) is 1.24. The molecule has 2 heterocycles. The number of carbonyl (C=O) groups excluding carboxylic acids is 1. The standard InChI is InChI=1S/C21H32N2O3/c1-2-3-4-5-7-21(24)23-12-10-22(11-13-23)17-18-8-9-19-20(16-18)26-15-6-14-25-19/h8-9,16H,2-7,10-15,17H2,1H3. The fraction of sp³-hybridized carbons (Fsp3) is 0.667. The number of nitrogens with zero attached hydrogens (tertiary/aromatic N) is 2. The first-order valence-electron chi connectivity index (χ1n) is 10.1. The van der Waals surface area contributed by atoms with Crippen LogP contribution in [0.25, 0.3) is 0 Å². The highest BCUT2D eigenvalue weighted by atomic mass is 16.5. The molecule has 5 heteroatoms. The predicted molar refractivity (Wildman–Crippen MR) is 103 cm³/mol. The number of benzene rings is 1. The van der Waals surface area contributed by atoms with Crippen LogP contribution in [0.2, 0.25) is 0 Å². The maximum absolute atomic E-state index is 12.3. The van der Waals surface area contributed by atoms with Gasteiger partial charge >= 0.3 is 0 Å². The summed E-state index contributed by atoms with van der Waals surface area (Å²) in [6.07, 6.45) is 6.29. The molecular weight excluding hydrogens is 328 g/mol. The van der Waals surface area contributed by atoms with Crippen LogP contribution in [-0.4, -0.2) is 55.1 Å². The molecule has 1 aromatic rings. The third-order valence-electron chi connectivity index (χ3n) is 5.19. The molecule has 0 bridgehead atoms. The van der Waals surface area contributed by atoms with Gasteiger partial charge in [0.05, 0.1) is 13.2 Å². The van der Waals surface area contributed by atoms with Gasteiger partial charge in [-0.1, -0.05) is 32.3 Å². The fourth-order valence-electron chi connectivity index (χ4n) is 3.58. The SMILES string of the molecule is CCCCCCC(=O)N1CCN(Cc2ccc3c(c2)OCCCO3)CC1. The van der Waals surface area contributed by atoms with E-state index in [4.69, 9.17) is 9.47 Å². The van der Waals surface area contributed by atoms with E-state index in [2.05, 4.69) is 24.0 Å². The van der Waals surface area contributed by atoms with Crippen LogP contribution >= 0.6 is 0 Å². The molecule has 5 nitrogen and oxygen atoms in total. The van der Waals surface area contributed by atoms with Gasteiger partial charge in [-0.2, -0.15) is 0 Å². The molecule has 3 rings (SSSR count). The summed E-state index contributed by atoms with van der Waals surface area (Å²) in [4.78, 5) is 16.8. The Hall–Kier alpha value is -1.75. The van der Waals surface area contributed by atoms with Crippen molar-refractivity contribution in [3.8, 4) is 11.5 Å². The molecule has 26 heavy (non-hydrogen) atoms. The minimum atomic E-state index is 0.330. The first-order chi connectivity index (χ1) is 12.8. The molecule has 0 unspecified atom stereocenters. The molecule has 0 N–H and O–H groups in total. The molecule has 0 atom stereocenters. The van der Waals surface area contributed by atoms with Gasteiger partial charge in [-0.05, 0) is 24.1 Å². The monoisotopic (exact) mass is 360 g/mol. The Morgan fingerprint density at radius 1 is 1.00 bits per heavy atom. The molecule has 1 amide bonds. The quantitative estimate of drug-likeness (QED) is 0.699. The summed E-state index contributed by atoms with van der Waals surface area (Å²) >= 11 is 0. The van der Waals surface area contributed by atoms with Crippen LogP contribution < -0.4 is 9.47 Å². The number of ether oxygens (including phenoxy) is 2. The number of unbranched alkanes of at least 4 members (excludes halogenated alkanes) is 3. The fourth-order valence-corrected chi connectivity index (χ4v) is 3.58. The van der Waals surface area contributed by atoms with Gasteiger partial charge in [0.25, 0.3) is 0 Å². The van der Waals surface area contributed by atoms with Gasteiger partial charge in [0.1, 0.15) is 0 Å². The minimum absolute atomic E-state index is 0.330. The van der Waals surface area contributed by atoms with Gasteiger partial charge in [0, 0.05) is 45.6 Å². The first kappa shape index (κ1) is 19.0. The average Bonchev–Trinajstić information content (AvgIpc) is 2.91. The smallest absolute Gasteiger partial charge is 0.222 e. The Kier molecular flexibility index (Phi) is 7.18. The van der Waals surface area contributed by atoms with Gasteiger partial charge in [0.15, 0.2) is 11.5 Å². The highest BCUT2D eigenvalue weighted by molar-refractivity contribution is 5.76. The Labute approximate surface area is 157 Å². The van der Waals surface area contributed by atoms with E-state index in [0.29, 0.717) is 12.3 Å². The normalized spacial score (nSPS) is 17.8. The molecule has 2 aliphatic heterocycles. The number of fused-ring (bicyclic) bond motifs is 1. The topological polar surface area (TPSA) is 42.0 Å². The maximum Gasteiger partial charge on any atom is 0.222 e. The molecule has 0 spiro atoms. The lowest BCUT2D eigenvalue weighted by molar-refractivity contribution is -0.133. The molecule has 1 aromatic carbocycles. The lowest BCUT2D eigenvalue weighted by Gasteiger charge is -2.35. The molecule has 1 saturated heterocycles. The van der Waals surface area contributed by atoms with Crippen LogP contribution in [0.15, 0.2) is 18.2 Å². The molecule has 1 fully saturated rings. The van der Waals surface area contributed by atoms with Crippen molar-refractivity contribution in [3.05, 3.63) is 23.8 Å². The summed E-state index contributed by atoms with van der Waals surface area (Å²) in [5.74, 6) is 2.04. The van der Waals surface area contributed by atoms with Crippen molar-refractivity contribution in [2.24, 2.45) is 0 Å². The third-order valence-corrected chi connectivity index (χ3v) is 5.19. The van der Waals surface area contributed by atoms with Crippen LogP contribution in [0, 0.1) is 0 Å². The maximum atomic E-state index is 12.3. The Bertz CT molecular complexity index is 583. The zero-order valence-corrected chi connectivity index (χ0v) is 16.0. The number of amides is 1. The number of rotatable bonds is 7. The average molecular weight is 360 g/mol. The molecule has 0 radical (unpaired) electrons. The van der Waals surface area contributed by atoms with E-state index in [1.54, 1.807) is 0 Å². The predicted octanol–water partition coefficient (Wildman–Crippen LogP) is 3.46. The van der Waals surface area contributed by atoms with Gasteiger partial charge in [-0.3, -0.25) is 9.69 Å². The van der Waals surface area contributed by atoms with Crippen LogP contribution in [0.5, 0.6) is 11.5 Å². The lowest BCUT2D eigenvalue weighted by Crippen LogP contribution is -2.48. The van der Waals surface area contributed by atoms with E-state index in [-0.39, 0.29) is 0 Å². The summed E-state index contributed by atoms with van der Waals surface area (Å²) < 4.78 is 11.5. The van der Waals surface area contributed by atoms with Gasteiger partial charge in [-0.15, -0.1) is 0 Å². The third kappa shape index (κ3) is 5.37. The number of piperazine rings is 1. The van der Waals surface area contributed by atoms with E-state index in [1.807, 2.05) is 11.0 Å². The molecular formula is C21H32N2O3. The molecule has 2 aliphatic rings. The van der Waals surface area contributed by atoms with Gasteiger partial charge < -0.3 is 14.4 Å².